The molecular weight excluding hydrogens is 195 g/mol. The van der Waals surface area contributed by atoms with Gasteiger partial charge >= 0.3 is 6.18 Å². The second-order valence-electron chi connectivity index (χ2n) is 4.20. The Kier molecular flexibility index (Phi) is 2.01. The molecule has 2 rings (SSSR count). The summed E-state index contributed by atoms with van der Waals surface area (Å²) in [6.07, 6.45) is -2.20. The Hall–Kier alpha value is -0.740. The highest BCUT2D eigenvalue weighted by molar-refractivity contribution is 5.81. The molecule has 0 atom stereocenters. The van der Waals surface area contributed by atoms with Crippen LogP contribution in [0.4, 0.5) is 13.2 Å². The van der Waals surface area contributed by atoms with E-state index in [2.05, 4.69) is 5.32 Å². The number of nitrogens with one attached hydrogen (secondary N) is 1. The lowest BCUT2D eigenvalue weighted by atomic mass is 9.76. The third-order valence-electron chi connectivity index (χ3n) is 3.06. The number of hydrogen-bond donors (Lipinski definition) is 1. The minimum Gasteiger partial charge on any atom is -0.342 e. The average molecular weight is 207 g/mol. The molecule has 2 aliphatic rings. The Labute approximate surface area is 79.9 Å². The molecule has 1 N–H and O–H groups in total. The summed E-state index contributed by atoms with van der Waals surface area (Å²) in [5.74, 6) is -0.572. The predicted molar refractivity (Wildman–Crippen MR) is 43.5 cm³/mol. The van der Waals surface area contributed by atoms with Crippen molar-refractivity contribution in [3.05, 3.63) is 0 Å². The Balaban J connectivity index is 2.01. The van der Waals surface area contributed by atoms with Gasteiger partial charge in [0.2, 0.25) is 5.91 Å². The first kappa shape index (κ1) is 9.80. The molecule has 0 bridgehead atoms. The molecule has 80 valence electrons. The fraction of sp³-hybridized carbons (Fsp3) is 0.889. The number of hydrogen-bond acceptors (Lipinski definition) is 1. The maximum Gasteiger partial charge on any atom is 0.411 e. The first-order chi connectivity index (χ1) is 6.45. The lowest BCUT2D eigenvalue weighted by molar-refractivity contribution is -0.219. The number of alkyl halides is 3. The van der Waals surface area contributed by atoms with Gasteiger partial charge in [-0.05, 0) is 32.1 Å². The van der Waals surface area contributed by atoms with Crippen LogP contribution in [0.5, 0.6) is 0 Å². The normalized spacial score (nSPS) is 25.4. The van der Waals surface area contributed by atoms with Gasteiger partial charge < -0.3 is 5.32 Å². The van der Waals surface area contributed by atoms with Crippen LogP contribution in [-0.2, 0) is 4.79 Å². The van der Waals surface area contributed by atoms with Crippen LogP contribution in [0.15, 0.2) is 0 Å². The van der Waals surface area contributed by atoms with Crippen molar-refractivity contribution in [1.29, 1.82) is 0 Å². The van der Waals surface area contributed by atoms with Crippen molar-refractivity contribution in [2.75, 3.05) is 0 Å². The minimum atomic E-state index is -4.30. The van der Waals surface area contributed by atoms with Crippen molar-refractivity contribution in [2.24, 2.45) is 5.92 Å². The Morgan fingerprint density at radius 2 is 1.86 bits per heavy atom. The zero-order valence-electron chi connectivity index (χ0n) is 7.66. The summed E-state index contributed by atoms with van der Waals surface area (Å²) in [5.41, 5.74) is -1.90. The zero-order valence-corrected chi connectivity index (χ0v) is 7.66. The Bertz CT molecular complexity index is 253. The molecule has 0 aromatic heterocycles. The molecule has 14 heavy (non-hydrogen) atoms. The minimum absolute atomic E-state index is 0.0367. The fourth-order valence-corrected chi connectivity index (χ4v) is 1.69. The molecule has 2 saturated carbocycles. The van der Waals surface area contributed by atoms with Gasteiger partial charge in [0.25, 0.3) is 0 Å². The summed E-state index contributed by atoms with van der Waals surface area (Å²) < 4.78 is 37.8. The number of carbonyl (C=O) groups is 1. The molecule has 2 aliphatic carbocycles. The lowest BCUT2D eigenvalue weighted by Gasteiger charge is -2.43. The van der Waals surface area contributed by atoms with Crippen molar-refractivity contribution in [3.63, 3.8) is 0 Å². The fourth-order valence-electron chi connectivity index (χ4n) is 1.69. The second-order valence-corrected chi connectivity index (χ2v) is 4.20. The van der Waals surface area contributed by atoms with Crippen molar-refractivity contribution in [3.8, 4) is 0 Å². The van der Waals surface area contributed by atoms with Crippen LogP contribution in [0.25, 0.3) is 0 Å². The highest BCUT2D eigenvalue weighted by Crippen LogP contribution is 2.46. The molecule has 0 aromatic rings. The maximum atomic E-state index is 12.6. The van der Waals surface area contributed by atoms with Crippen LogP contribution in [0.1, 0.15) is 32.1 Å². The third-order valence-corrected chi connectivity index (χ3v) is 3.06. The number of amides is 1. The van der Waals surface area contributed by atoms with Crippen LogP contribution < -0.4 is 5.32 Å². The molecule has 5 heteroatoms. The van der Waals surface area contributed by atoms with Crippen LogP contribution in [0.2, 0.25) is 0 Å². The molecule has 2 fully saturated rings. The molecule has 0 radical (unpaired) electrons. The summed E-state index contributed by atoms with van der Waals surface area (Å²) in [6, 6.07) is 0. The van der Waals surface area contributed by atoms with E-state index >= 15 is 0 Å². The van der Waals surface area contributed by atoms with Crippen LogP contribution >= 0.6 is 0 Å². The molecule has 0 aromatic carbocycles. The smallest absolute Gasteiger partial charge is 0.342 e. The monoisotopic (exact) mass is 207 g/mol. The predicted octanol–water partition coefficient (Wildman–Crippen LogP) is 2.00. The van der Waals surface area contributed by atoms with E-state index in [-0.39, 0.29) is 18.8 Å². The van der Waals surface area contributed by atoms with Gasteiger partial charge in [-0.25, -0.2) is 0 Å². The van der Waals surface area contributed by atoms with Crippen LogP contribution in [-0.4, -0.2) is 17.6 Å². The second kappa shape index (κ2) is 2.87. The van der Waals surface area contributed by atoms with Crippen LogP contribution in [0, 0.1) is 5.92 Å². The van der Waals surface area contributed by atoms with Gasteiger partial charge in [-0.1, -0.05) is 0 Å². The molecular formula is C9H12F3NO. The SMILES string of the molecule is O=C(NC1(C(F)(F)F)CCC1)C1CC1. The standard InChI is InChI=1S/C9H12F3NO/c10-9(11,12)8(4-1-5-8)13-7(14)6-2-3-6/h6H,1-5H2,(H,13,14). The van der Waals surface area contributed by atoms with Gasteiger partial charge in [-0.15, -0.1) is 0 Å². The topological polar surface area (TPSA) is 29.1 Å². The van der Waals surface area contributed by atoms with E-state index in [0.29, 0.717) is 6.42 Å². The van der Waals surface area contributed by atoms with Gasteiger partial charge in [-0.2, -0.15) is 13.2 Å². The Morgan fingerprint density at radius 3 is 2.14 bits per heavy atom. The van der Waals surface area contributed by atoms with Gasteiger partial charge in [0.15, 0.2) is 0 Å². The average Bonchev–Trinajstić information content (AvgIpc) is 2.74. The summed E-state index contributed by atoms with van der Waals surface area (Å²) in [6.45, 7) is 0. The van der Waals surface area contributed by atoms with Gasteiger partial charge in [0.1, 0.15) is 5.54 Å². The highest BCUT2D eigenvalue weighted by atomic mass is 19.4. The summed E-state index contributed by atoms with van der Waals surface area (Å²) in [7, 11) is 0. The highest BCUT2D eigenvalue weighted by Gasteiger charge is 2.59. The Morgan fingerprint density at radius 1 is 1.29 bits per heavy atom. The third kappa shape index (κ3) is 1.48. The van der Waals surface area contributed by atoms with Crippen molar-refractivity contribution in [1.82, 2.24) is 5.32 Å². The quantitative estimate of drug-likeness (QED) is 0.737. The molecule has 0 aliphatic heterocycles. The molecule has 1 amide bonds. The van der Waals surface area contributed by atoms with Gasteiger partial charge in [0.05, 0.1) is 0 Å². The molecule has 0 spiro atoms. The maximum absolute atomic E-state index is 12.6. The van der Waals surface area contributed by atoms with Crippen molar-refractivity contribution >= 4 is 5.91 Å². The lowest BCUT2D eigenvalue weighted by Crippen LogP contribution is -2.63. The van der Waals surface area contributed by atoms with E-state index in [0.717, 1.165) is 12.8 Å². The van der Waals surface area contributed by atoms with E-state index in [1.165, 1.54) is 0 Å². The zero-order chi connectivity index (χ0) is 10.4. The summed E-state index contributed by atoms with van der Waals surface area (Å²) >= 11 is 0. The molecule has 0 saturated heterocycles. The van der Waals surface area contributed by atoms with E-state index in [9.17, 15) is 18.0 Å². The number of rotatable bonds is 2. The van der Waals surface area contributed by atoms with E-state index in [1.54, 1.807) is 0 Å². The molecule has 2 nitrogen and oxygen atoms in total. The first-order valence-electron chi connectivity index (χ1n) is 4.83. The molecule has 0 unspecified atom stereocenters. The number of halogens is 3. The molecule has 0 heterocycles. The summed E-state index contributed by atoms with van der Waals surface area (Å²) in [5, 5.41) is 2.17. The van der Waals surface area contributed by atoms with Gasteiger partial charge in [0, 0.05) is 5.92 Å². The van der Waals surface area contributed by atoms with Crippen LogP contribution in [0.3, 0.4) is 0 Å². The van der Waals surface area contributed by atoms with E-state index in [4.69, 9.17) is 0 Å². The van der Waals surface area contributed by atoms with Crippen molar-refractivity contribution in [2.45, 2.75) is 43.8 Å². The first-order valence-corrected chi connectivity index (χ1v) is 4.83. The van der Waals surface area contributed by atoms with Gasteiger partial charge in [-0.3, -0.25) is 4.79 Å². The largest absolute Gasteiger partial charge is 0.411 e. The summed E-state index contributed by atoms with van der Waals surface area (Å²) in [4.78, 5) is 11.2. The number of carbonyl (C=O) groups excluding carboxylic acids is 1. The van der Waals surface area contributed by atoms with E-state index in [1.807, 2.05) is 0 Å². The van der Waals surface area contributed by atoms with Crippen molar-refractivity contribution < 1.29 is 18.0 Å². The van der Waals surface area contributed by atoms with E-state index < -0.39 is 17.6 Å².